The maximum absolute atomic E-state index is 11.2. The van der Waals surface area contributed by atoms with Gasteiger partial charge in [-0.1, -0.05) is 20.8 Å². The van der Waals surface area contributed by atoms with Gasteiger partial charge in [0.2, 0.25) is 0 Å². The summed E-state index contributed by atoms with van der Waals surface area (Å²) in [7, 11) is 0. The zero-order chi connectivity index (χ0) is 14.0. The van der Waals surface area contributed by atoms with Crippen molar-refractivity contribution < 1.29 is 4.79 Å². The molecule has 3 heteroatoms. The molecule has 1 saturated heterocycles. The first kappa shape index (κ1) is 14.0. The van der Waals surface area contributed by atoms with Gasteiger partial charge in [-0.2, -0.15) is 0 Å². The third-order valence-corrected chi connectivity index (χ3v) is 4.19. The second-order valence-electron chi connectivity index (χ2n) is 6.59. The van der Waals surface area contributed by atoms with Crippen molar-refractivity contribution in [2.24, 2.45) is 11.3 Å². The molecule has 2 rings (SSSR count). The second kappa shape index (κ2) is 5.32. The van der Waals surface area contributed by atoms with Crippen molar-refractivity contribution in [3.8, 4) is 0 Å². The molecular formula is C16H24N2O. The molecule has 0 unspecified atom stereocenters. The van der Waals surface area contributed by atoms with Crippen molar-refractivity contribution in [1.29, 1.82) is 0 Å². The van der Waals surface area contributed by atoms with E-state index in [1.165, 1.54) is 12.8 Å². The summed E-state index contributed by atoms with van der Waals surface area (Å²) < 4.78 is 0. The average Bonchev–Trinajstić information content (AvgIpc) is 2.38. The van der Waals surface area contributed by atoms with Crippen LogP contribution in [-0.4, -0.2) is 23.9 Å². The van der Waals surface area contributed by atoms with Crippen molar-refractivity contribution in [2.45, 2.75) is 40.5 Å². The molecule has 0 saturated carbocycles. The lowest BCUT2D eigenvalue weighted by Crippen LogP contribution is -2.38. The molecule has 0 atom stereocenters. The maximum Gasteiger partial charge on any atom is 0.178 e. The lowest BCUT2D eigenvalue weighted by atomic mass is 9.75. The Labute approximate surface area is 116 Å². The number of carbonyl (C=O) groups is 1. The van der Waals surface area contributed by atoms with Gasteiger partial charge in [0, 0.05) is 20.0 Å². The number of nitrogens with zero attached hydrogens (tertiary/aromatic N) is 2. The molecule has 1 aromatic heterocycles. The largest absolute Gasteiger partial charge is 0.370 e. The highest BCUT2D eigenvalue weighted by Gasteiger charge is 2.28. The maximum atomic E-state index is 11.2. The zero-order valence-corrected chi connectivity index (χ0v) is 12.4. The van der Waals surface area contributed by atoms with Crippen molar-refractivity contribution in [3.63, 3.8) is 0 Å². The van der Waals surface area contributed by atoms with Crippen LogP contribution < -0.4 is 4.90 Å². The zero-order valence-electron chi connectivity index (χ0n) is 12.4. The smallest absolute Gasteiger partial charge is 0.178 e. The van der Waals surface area contributed by atoms with Crippen molar-refractivity contribution in [2.75, 3.05) is 18.0 Å². The van der Waals surface area contributed by atoms with E-state index in [1.807, 2.05) is 18.3 Å². The highest BCUT2D eigenvalue weighted by molar-refractivity contribution is 5.92. The highest BCUT2D eigenvalue weighted by atomic mass is 16.1. The molecular weight excluding hydrogens is 236 g/mol. The van der Waals surface area contributed by atoms with Gasteiger partial charge < -0.3 is 4.90 Å². The Kier molecular flexibility index (Phi) is 3.93. The van der Waals surface area contributed by atoms with Gasteiger partial charge in [-0.25, -0.2) is 0 Å². The van der Waals surface area contributed by atoms with Gasteiger partial charge in [-0.15, -0.1) is 0 Å². The third-order valence-electron chi connectivity index (χ3n) is 4.19. The van der Waals surface area contributed by atoms with Crippen LogP contribution >= 0.6 is 0 Å². The first-order valence-corrected chi connectivity index (χ1v) is 7.10. The van der Waals surface area contributed by atoms with E-state index in [-0.39, 0.29) is 5.78 Å². The van der Waals surface area contributed by atoms with Crippen LogP contribution in [0.3, 0.4) is 0 Å². The molecule has 1 fully saturated rings. The van der Waals surface area contributed by atoms with Crippen LogP contribution in [0.4, 0.5) is 5.69 Å². The summed E-state index contributed by atoms with van der Waals surface area (Å²) in [4.78, 5) is 17.8. The molecule has 0 bridgehead atoms. The van der Waals surface area contributed by atoms with Crippen LogP contribution in [0.5, 0.6) is 0 Å². The Morgan fingerprint density at radius 2 is 1.89 bits per heavy atom. The van der Waals surface area contributed by atoms with Crippen molar-refractivity contribution in [3.05, 3.63) is 24.0 Å². The van der Waals surface area contributed by atoms with E-state index in [0.717, 1.165) is 24.7 Å². The Morgan fingerprint density at radius 1 is 1.26 bits per heavy atom. The summed E-state index contributed by atoms with van der Waals surface area (Å²) in [6, 6.07) is 3.84. The molecule has 0 N–H and O–H groups in total. The number of pyridine rings is 1. The first-order valence-electron chi connectivity index (χ1n) is 7.10. The predicted molar refractivity (Wildman–Crippen MR) is 78.6 cm³/mol. The summed E-state index contributed by atoms with van der Waals surface area (Å²) in [6.45, 7) is 10.7. The Hall–Kier alpha value is -1.38. The van der Waals surface area contributed by atoms with Gasteiger partial charge in [0.25, 0.3) is 0 Å². The van der Waals surface area contributed by atoms with Crippen LogP contribution in [-0.2, 0) is 0 Å². The van der Waals surface area contributed by atoms with Crippen LogP contribution in [0.25, 0.3) is 0 Å². The molecule has 1 aromatic rings. The summed E-state index contributed by atoms with van der Waals surface area (Å²) in [5.74, 6) is 0.825. The number of ketones is 1. The first-order chi connectivity index (χ1) is 8.88. The number of aromatic nitrogens is 1. The van der Waals surface area contributed by atoms with Gasteiger partial charge in [0.05, 0.1) is 11.9 Å². The van der Waals surface area contributed by atoms with Gasteiger partial charge in [0.1, 0.15) is 5.69 Å². The fourth-order valence-electron chi connectivity index (χ4n) is 2.79. The predicted octanol–water partition coefficient (Wildman–Crippen LogP) is 3.55. The molecule has 19 heavy (non-hydrogen) atoms. The number of hydrogen-bond donors (Lipinski definition) is 0. The van der Waals surface area contributed by atoms with E-state index in [1.54, 1.807) is 6.92 Å². The van der Waals surface area contributed by atoms with E-state index in [0.29, 0.717) is 11.1 Å². The molecule has 0 spiro atoms. The molecule has 3 nitrogen and oxygen atoms in total. The van der Waals surface area contributed by atoms with Crippen LogP contribution in [0, 0.1) is 11.3 Å². The van der Waals surface area contributed by atoms with Crippen molar-refractivity contribution >= 4 is 11.5 Å². The van der Waals surface area contributed by atoms with Gasteiger partial charge in [0.15, 0.2) is 5.78 Å². The van der Waals surface area contributed by atoms with Gasteiger partial charge in [-0.3, -0.25) is 9.78 Å². The van der Waals surface area contributed by atoms with E-state index in [2.05, 4.69) is 30.7 Å². The van der Waals surface area contributed by atoms with E-state index < -0.39 is 0 Å². The topological polar surface area (TPSA) is 33.2 Å². The number of hydrogen-bond acceptors (Lipinski definition) is 3. The molecule has 0 radical (unpaired) electrons. The molecule has 1 aliphatic rings. The Balaban J connectivity index is 2.00. The summed E-state index contributed by atoms with van der Waals surface area (Å²) in [6.07, 6.45) is 4.30. The average molecular weight is 260 g/mol. The monoisotopic (exact) mass is 260 g/mol. The van der Waals surface area contributed by atoms with Gasteiger partial charge >= 0.3 is 0 Å². The summed E-state index contributed by atoms with van der Waals surface area (Å²) >= 11 is 0. The number of anilines is 1. The Morgan fingerprint density at radius 3 is 2.32 bits per heavy atom. The highest BCUT2D eigenvalue weighted by Crippen LogP contribution is 2.35. The van der Waals surface area contributed by atoms with E-state index in [9.17, 15) is 4.79 Å². The quantitative estimate of drug-likeness (QED) is 0.762. The molecule has 2 heterocycles. The lowest BCUT2D eigenvalue weighted by Gasteiger charge is -2.39. The van der Waals surface area contributed by atoms with Crippen molar-refractivity contribution in [1.82, 2.24) is 4.98 Å². The minimum Gasteiger partial charge on any atom is -0.370 e. The number of rotatable bonds is 2. The third kappa shape index (κ3) is 3.34. The van der Waals surface area contributed by atoms with Gasteiger partial charge in [-0.05, 0) is 36.3 Å². The molecule has 1 aliphatic heterocycles. The minimum atomic E-state index is 0.0259. The van der Waals surface area contributed by atoms with E-state index in [4.69, 9.17) is 0 Å². The lowest BCUT2D eigenvalue weighted by molar-refractivity contribution is 0.101. The van der Waals surface area contributed by atoms with Crippen LogP contribution in [0.2, 0.25) is 0 Å². The molecule has 0 aromatic carbocycles. The Bertz CT molecular complexity index is 437. The van der Waals surface area contributed by atoms with Crippen LogP contribution in [0.1, 0.15) is 51.0 Å². The normalized spacial score (nSPS) is 17.6. The van der Waals surface area contributed by atoms with Crippen LogP contribution in [0.15, 0.2) is 18.3 Å². The standard InChI is InChI=1S/C16H24N2O/c1-12(19)15-6-5-14(11-17-15)18-9-7-13(8-10-18)16(2,3)4/h5-6,11,13H,7-10H2,1-4H3. The number of piperidine rings is 1. The number of Topliss-reactive ketones (excluding diaryl/α,β-unsaturated/α-hetero) is 1. The fourth-order valence-corrected chi connectivity index (χ4v) is 2.79. The minimum absolute atomic E-state index is 0.0259. The number of carbonyl (C=O) groups excluding carboxylic acids is 1. The van der Waals surface area contributed by atoms with E-state index >= 15 is 0 Å². The molecule has 104 valence electrons. The second-order valence-corrected chi connectivity index (χ2v) is 6.59. The molecule has 0 amide bonds. The molecule has 0 aliphatic carbocycles. The SMILES string of the molecule is CC(=O)c1ccc(N2CCC(C(C)(C)C)CC2)cn1. The summed E-state index contributed by atoms with van der Waals surface area (Å²) in [5.41, 5.74) is 2.09. The summed E-state index contributed by atoms with van der Waals surface area (Å²) in [5, 5.41) is 0. The fraction of sp³-hybridized carbons (Fsp3) is 0.625.